The highest BCUT2D eigenvalue weighted by Crippen LogP contribution is 2.30. The van der Waals surface area contributed by atoms with Crippen molar-refractivity contribution in [1.29, 1.82) is 0 Å². The van der Waals surface area contributed by atoms with Crippen molar-refractivity contribution in [3.63, 3.8) is 0 Å². The van der Waals surface area contributed by atoms with Crippen LogP contribution < -0.4 is 10.1 Å². The van der Waals surface area contributed by atoms with Crippen LogP contribution in [0.2, 0.25) is 0 Å². The molecule has 2 aromatic rings. The molecule has 1 aromatic carbocycles. The SMILES string of the molecule is CCNC(c1ccc(C)o1)c1ccccc1OCC. The Morgan fingerprint density at radius 3 is 2.58 bits per heavy atom. The summed E-state index contributed by atoms with van der Waals surface area (Å²) < 4.78 is 11.5. The van der Waals surface area contributed by atoms with E-state index in [2.05, 4.69) is 18.3 Å². The van der Waals surface area contributed by atoms with Gasteiger partial charge in [-0.3, -0.25) is 0 Å². The summed E-state index contributed by atoms with van der Waals surface area (Å²) in [7, 11) is 0. The highest BCUT2D eigenvalue weighted by molar-refractivity contribution is 5.39. The average molecular weight is 259 g/mol. The zero-order valence-corrected chi connectivity index (χ0v) is 11.8. The third-order valence-electron chi connectivity index (χ3n) is 2.98. The molecular formula is C16H21NO2. The molecule has 0 saturated carbocycles. The number of aryl methyl sites for hydroxylation is 1. The normalized spacial score (nSPS) is 12.4. The summed E-state index contributed by atoms with van der Waals surface area (Å²) in [6.45, 7) is 7.57. The monoisotopic (exact) mass is 259 g/mol. The molecule has 0 spiro atoms. The second kappa shape index (κ2) is 6.43. The highest BCUT2D eigenvalue weighted by Gasteiger charge is 2.20. The fourth-order valence-electron chi connectivity index (χ4n) is 2.18. The molecule has 0 aliphatic rings. The van der Waals surface area contributed by atoms with Gasteiger partial charge in [-0.05, 0) is 38.6 Å². The molecule has 1 N–H and O–H groups in total. The van der Waals surface area contributed by atoms with Gasteiger partial charge < -0.3 is 14.5 Å². The lowest BCUT2D eigenvalue weighted by Gasteiger charge is -2.19. The quantitative estimate of drug-likeness (QED) is 0.859. The van der Waals surface area contributed by atoms with Gasteiger partial charge >= 0.3 is 0 Å². The molecule has 0 amide bonds. The minimum Gasteiger partial charge on any atom is -0.494 e. The maximum absolute atomic E-state index is 5.77. The third-order valence-corrected chi connectivity index (χ3v) is 2.98. The van der Waals surface area contributed by atoms with Gasteiger partial charge in [0.15, 0.2) is 0 Å². The van der Waals surface area contributed by atoms with Gasteiger partial charge in [0.25, 0.3) is 0 Å². The van der Waals surface area contributed by atoms with Crippen LogP contribution in [0, 0.1) is 6.92 Å². The summed E-state index contributed by atoms with van der Waals surface area (Å²) in [5, 5.41) is 3.45. The van der Waals surface area contributed by atoms with E-state index in [1.807, 2.05) is 44.2 Å². The summed E-state index contributed by atoms with van der Waals surface area (Å²) in [6, 6.07) is 12.1. The maximum atomic E-state index is 5.77. The molecule has 19 heavy (non-hydrogen) atoms. The van der Waals surface area contributed by atoms with Crippen molar-refractivity contribution >= 4 is 0 Å². The molecule has 0 saturated heterocycles. The Kier molecular flexibility index (Phi) is 4.63. The molecule has 2 rings (SSSR count). The zero-order valence-electron chi connectivity index (χ0n) is 11.8. The van der Waals surface area contributed by atoms with Crippen LogP contribution in [0.25, 0.3) is 0 Å². The first-order chi connectivity index (χ1) is 9.26. The van der Waals surface area contributed by atoms with Crippen LogP contribution in [-0.4, -0.2) is 13.2 Å². The predicted molar refractivity (Wildman–Crippen MR) is 76.6 cm³/mol. The molecule has 0 radical (unpaired) electrons. The van der Waals surface area contributed by atoms with Gasteiger partial charge in [0.05, 0.1) is 12.6 Å². The number of benzene rings is 1. The van der Waals surface area contributed by atoms with E-state index in [9.17, 15) is 0 Å². The van der Waals surface area contributed by atoms with E-state index in [0.29, 0.717) is 6.61 Å². The second-order valence-electron chi connectivity index (χ2n) is 4.41. The van der Waals surface area contributed by atoms with E-state index >= 15 is 0 Å². The van der Waals surface area contributed by atoms with Crippen molar-refractivity contribution in [2.75, 3.05) is 13.2 Å². The fourth-order valence-corrected chi connectivity index (χ4v) is 2.18. The van der Waals surface area contributed by atoms with E-state index in [0.717, 1.165) is 29.4 Å². The predicted octanol–water partition coefficient (Wildman–Crippen LogP) is 3.69. The largest absolute Gasteiger partial charge is 0.494 e. The second-order valence-corrected chi connectivity index (χ2v) is 4.41. The van der Waals surface area contributed by atoms with Gasteiger partial charge in [0, 0.05) is 5.56 Å². The minimum atomic E-state index is 0.0291. The molecule has 0 aliphatic carbocycles. The Morgan fingerprint density at radius 2 is 1.95 bits per heavy atom. The van der Waals surface area contributed by atoms with Crippen LogP contribution in [0.1, 0.15) is 37.0 Å². The van der Waals surface area contributed by atoms with Crippen LogP contribution >= 0.6 is 0 Å². The molecule has 0 fully saturated rings. The van der Waals surface area contributed by atoms with E-state index in [1.165, 1.54) is 0 Å². The lowest BCUT2D eigenvalue weighted by molar-refractivity contribution is 0.330. The standard InChI is InChI=1S/C16H21NO2/c1-4-17-16(15-11-10-12(3)19-15)13-8-6-7-9-14(13)18-5-2/h6-11,16-17H,4-5H2,1-3H3. The molecular weight excluding hydrogens is 238 g/mol. The Morgan fingerprint density at radius 1 is 1.16 bits per heavy atom. The molecule has 1 unspecified atom stereocenters. The number of nitrogens with one attached hydrogen (secondary N) is 1. The number of rotatable bonds is 6. The summed E-state index contributed by atoms with van der Waals surface area (Å²) in [4.78, 5) is 0. The first kappa shape index (κ1) is 13.7. The number of furan rings is 1. The van der Waals surface area contributed by atoms with Crippen LogP contribution in [0.3, 0.4) is 0 Å². The van der Waals surface area contributed by atoms with Crippen LogP contribution in [0.5, 0.6) is 5.75 Å². The topological polar surface area (TPSA) is 34.4 Å². The Bertz CT molecular complexity index is 519. The van der Waals surface area contributed by atoms with Gasteiger partial charge in [0.1, 0.15) is 17.3 Å². The fraction of sp³-hybridized carbons (Fsp3) is 0.375. The van der Waals surface area contributed by atoms with E-state index in [-0.39, 0.29) is 6.04 Å². The number of para-hydroxylation sites is 1. The summed E-state index contributed by atoms with van der Waals surface area (Å²) >= 11 is 0. The van der Waals surface area contributed by atoms with Crippen LogP contribution in [-0.2, 0) is 0 Å². The van der Waals surface area contributed by atoms with Gasteiger partial charge in [-0.1, -0.05) is 25.1 Å². The molecule has 0 aliphatic heterocycles. The minimum absolute atomic E-state index is 0.0291. The lowest BCUT2D eigenvalue weighted by Crippen LogP contribution is -2.22. The molecule has 3 heteroatoms. The first-order valence-corrected chi connectivity index (χ1v) is 6.77. The van der Waals surface area contributed by atoms with E-state index in [4.69, 9.17) is 9.15 Å². The van der Waals surface area contributed by atoms with Crippen molar-refractivity contribution in [2.45, 2.75) is 26.8 Å². The number of hydrogen-bond donors (Lipinski definition) is 1. The molecule has 3 nitrogen and oxygen atoms in total. The Hall–Kier alpha value is -1.74. The Labute approximate surface area is 114 Å². The van der Waals surface area contributed by atoms with Crippen molar-refractivity contribution < 1.29 is 9.15 Å². The van der Waals surface area contributed by atoms with Gasteiger partial charge in [-0.25, -0.2) is 0 Å². The highest BCUT2D eigenvalue weighted by atomic mass is 16.5. The Balaban J connectivity index is 2.38. The van der Waals surface area contributed by atoms with Crippen molar-refractivity contribution in [1.82, 2.24) is 5.32 Å². The van der Waals surface area contributed by atoms with Gasteiger partial charge in [0.2, 0.25) is 0 Å². The molecule has 1 heterocycles. The maximum Gasteiger partial charge on any atom is 0.125 e. The summed E-state index contributed by atoms with van der Waals surface area (Å²) in [5.74, 6) is 2.75. The smallest absolute Gasteiger partial charge is 0.125 e. The summed E-state index contributed by atoms with van der Waals surface area (Å²) in [5.41, 5.74) is 1.11. The number of hydrogen-bond acceptors (Lipinski definition) is 3. The average Bonchev–Trinajstić information content (AvgIpc) is 2.84. The third kappa shape index (κ3) is 3.18. The lowest BCUT2D eigenvalue weighted by atomic mass is 10.0. The van der Waals surface area contributed by atoms with Gasteiger partial charge in [-0.15, -0.1) is 0 Å². The molecule has 1 atom stereocenters. The zero-order chi connectivity index (χ0) is 13.7. The molecule has 1 aromatic heterocycles. The van der Waals surface area contributed by atoms with E-state index < -0.39 is 0 Å². The van der Waals surface area contributed by atoms with Crippen molar-refractivity contribution in [3.8, 4) is 5.75 Å². The van der Waals surface area contributed by atoms with Crippen molar-refractivity contribution in [2.24, 2.45) is 0 Å². The van der Waals surface area contributed by atoms with Crippen molar-refractivity contribution in [3.05, 3.63) is 53.5 Å². The first-order valence-electron chi connectivity index (χ1n) is 6.77. The molecule has 102 valence electrons. The van der Waals surface area contributed by atoms with Gasteiger partial charge in [-0.2, -0.15) is 0 Å². The van der Waals surface area contributed by atoms with Crippen LogP contribution in [0.15, 0.2) is 40.8 Å². The van der Waals surface area contributed by atoms with Crippen LogP contribution in [0.4, 0.5) is 0 Å². The van der Waals surface area contributed by atoms with E-state index in [1.54, 1.807) is 0 Å². The molecule has 0 bridgehead atoms. The number of ether oxygens (including phenoxy) is 1. The summed E-state index contributed by atoms with van der Waals surface area (Å²) in [6.07, 6.45) is 0.